The van der Waals surface area contributed by atoms with Crippen molar-refractivity contribution in [1.82, 2.24) is 25.3 Å². The van der Waals surface area contributed by atoms with E-state index >= 15 is 0 Å². The van der Waals surface area contributed by atoms with E-state index in [1.807, 2.05) is 0 Å². The molecule has 0 aromatic rings. The second-order valence-electron chi connectivity index (χ2n) is 5.81. The zero-order valence-corrected chi connectivity index (χ0v) is 12.8. The highest BCUT2D eigenvalue weighted by Gasteiger charge is 2.14. The van der Waals surface area contributed by atoms with Crippen LogP contribution in [0.1, 0.15) is 0 Å². The third-order valence-corrected chi connectivity index (χ3v) is 4.33. The van der Waals surface area contributed by atoms with Crippen LogP contribution in [0, 0.1) is 0 Å². The fraction of sp³-hybridized carbons (Fsp3) is 1.00. The lowest BCUT2D eigenvalue weighted by molar-refractivity contribution is 0.163. The monoisotopic (exact) mass is 284 g/mol. The van der Waals surface area contributed by atoms with Crippen molar-refractivity contribution in [3.8, 4) is 0 Å². The van der Waals surface area contributed by atoms with E-state index in [0.29, 0.717) is 0 Å². The van der Waals surface area contributed by atoms with Crippen molar-refractivity contribution in [1.29, 1.82) is 0 Å². The first-order valence-corrected chi connectivity index (χ1v) is 8.17. The van der Waals surface area contributed by atoms with Gasteiger partial charge in [0.25, 0.3) is 0 Å². The molecule has 4 N–H and O–H groups in total. The van der Waals surface area contributed by atoms with Crippen molar-refractivity contribution < 1.29 is 0 Å². The highest BCUT2D eigenvalue weighted by Crippen LogP contribution is 1.97. The zero-order chi connectivity index (χ0) is 14.0. The molecular formula is C14H32N6. The zero-order valence-electron chi connectivity index (χ0n) is 12.8. The van der Waals surface area contributed by atoms with Crippen LogP contribution in [0.25, 0.3) is 0 Å². The van der Waals surface area contributed by atoms with Gasteiger partial charge in [0.1, 0.15) is 0 Å². The predicted octanol–water partition coefficient (Wildman–Crippen LogP) is -1.94. The topological polar surface area (TPSA) is 59.8 Å². The van der Waals surface area contributed by atoms with Crippen LogP contribution in [-0.2, 0) is 0 Å². The first kappa shape index (κ1) is 16.1. The lowest BCUT2D eigenvalue weighted by Crippen LogP contribution is -2.49. The largest absolute Gasteiger partial charge is 0.329 e. The smallest absolute Gasteiger partial charge is 0.0110 e. The second kappa shape index (κ2) is 9.65. The summed E-state index contributed by atoms with van der Waals surface area (Å²) in [4.78, 5) is 7.65. The molecule has 0 spiro atoms. The van der Waals surface area contributed by atoms with Gasteiger partial charge in [0.05, 0.1) is 0 Å². The maximum atomic E-state index is 5.76. The molecule has 2 rings (SSSR count). The summed E-state index contributed by atoms with van der Waals surface area (Å²) in [6.45, 7) is 15.8. The van der Waals surface area contributed by atoms with Gasteiger partial charge in [-0.15, -0.1) is 0 Å². The van der Waals surface area contributed by atoms with Crippen LogP contribution < -0.4 is 16.4 Å². The van der Waals surface area contributed by atoms with Gasteiger partial charge in [0, 0.05) is 91.6 Å². The van der Waals surface area contributed by atoms with Crippen molar-refractivity contribution in [3.63, 3.8) is 0 Å². The Labute approximate surface area is 123 Å². The van der Waals surface area contributed by atoms with Crippen LogP contribution in [0.15, 0.2) is 0 Å². The molecular weight excluding hydrogens is 252 g/mol. The van der Waals surface area contributed by atoms with Crippen molar-refractivity contribution in [2.45, 2.75) is 0 Å². The Morgan fingerprint density at radius 1 is 0.750 bits per heavy atom. The predicted molar refractivity (Wildman–Crippen MR) is 84.1 cm³/mol. The molecule has 0 bridgehead atoms. The van der Waals surface area contributed by atoms with Crippen LogP contribution in [0.5, 0.6) is 0 Å². The van der Waals surface area contributed by atoms with E-state index in [0.717, 1.165) is 52.4 Å². The van der Waals surface area contributed by atoms with E-state index in [-0.39, 0.29) is 0 Å². The molecule has 2 aliphatic heterocycles. The van der Waals surface area contributed by atoms with Gasteiger partial charge in [0.2, 0.25) is 0 Å². The molecule has 6 heteroatoms. The minimum absolute atomic E-state index is 0.767. The summed E-state index contributed by atoms with van der Waals surface area (Å²) < 4.78 is 0. The maximum Gasteiger partial charge on any atom is 0.0110 e. The number of piperazine rings is 2. The summed E-state index contributed by atoms with van der Waals surface area (Å²) in [7, 11) is 0. The molecule has 0 saturated carbocycles. The Kier molecular flexibility index (Phi) is 7.79. The number of nitrogens with two attached hydrogens (primary N) is 1. The summed E-state index contributed by atoms with van der Waals surface area (Å²) in [5.41, 5.74) is 5.76. The molecule has 118 valence electrons. The Balaban J connectivity index is 1.63. The summed E-state index contributed by atoms with van der Waals surface area (Å²) in [6.07, 6.45) is 0. The first-order chi connectivity index (χ1) is 9.88. The van der Waals surface area contributed by atoms with Crippen LogP contribution >= 0.6 is 0 Å². The minimum atomic E-state index is 0.767. The summed E-state index contributed by atoms with van der Waals surface area (Å²) in [5.74, 6) is 0. The SMILES string of the molecule is NCCN(CCN1CCNCC1)CCN1CCNCC1. The van der Waals surface area contributed by atoms with Crippen molar-refractivity contribution in [3.05, 3.63) is 0 Å². The van der Waals surface area contributed by atoms with E-state index in [9.17, 15) is 0 Å². The number of nitrogens with zero attached hydrogens (tertiary/aromatic N) is 3. The average molecular weight is 284 g/mol. The van der Waals surface area contributed by atoms with E-state index in [1.165, 1.54) is 39.3 Å². The summed E-state index contributed by atoms with van der Waals surface area (Å²) >= 11 is 0. The van der Waals surface area contributed by atoms with Gasteiger partial charge < -0.3 is 16.4 Å². The van der Waals surface area contributed by atoms with Gasteiger partial charge in [-0.1, -0.05) is 0 Å². The molecule has 6 nitrogen and oxygen atoms in total. The fourth-order valence-corrected chi connectivity index (χ4v) is 2.95. The lowest BCUT2D eigenvalue weighted by atomic mass is 10.3. The normalized spacial score (nSPS) is 22.5. The molecule has 0 unspecified atom stereocenters. The van der Waals surface area contributed by atoms with Crippen LogP contribution in [0.2, 0.25) is 0 Å². The van der Waals surface area contributed by atoms with Crippen molar-refractivity contribution in [2.24, 2.45) is 5.73 Å². The molecule has 2 heterocycles. The molecule has 0 radical (unpaired) electrons. The molecule has 0 atom stereocenters. The molecule has 0 amide bonds. The molecule has 2 fully saturated rings. The molecule has 2 saturated heterocycles. The Hall–Kier alpha value is -0.240. The second-order valence-corrected chi connectivity index (χ2v) is 5.81. The fourth-order valence-electron chi connectivity index (χ4n) is 2.95. The Bertz CT molecular complexity index is 216. The number of hydrogen-bond donors (Lipinski definition) is 3. The Morgan fingerprint density at radius 2 is 1.20 bits per heavy atom. The number of nitrogens with one attached hydrogen (secondary N) is 2. The third-order valence-electron chi connectivity index (χ3n) is 4.33. The van der Waals surface area contributed by atoms with Gasteiger partial charge in [-0.2, -0.15) is 0 Å². The highest BCUT2D eigenvalue weighted by molar-refractivity contribution is 4.72. The average Bonchev–Trinajstić information content (AvgIpc) is 2.52. The van der Waals surface area contributed by atoms with Gasteiger partial charge >= 0.3 is 0 Å². The molecule has 20 heavy (non-hydrogen) atoms. The minimum Gasteiger partial charge on any atom is -0.329 e. The van der Waals surface area contributed by atoms with E-state index in [1.54, 1.807) is 0 Å². The third kappa shape index (κ3) is 6.03. The van der Waals surface area contributed by atoms with E-state index < -0.39 is 0 Å². The van der Waals surface area contributed by atoms with Crippen LogP contribution in [0.4, 0.5) is 0 Å². The quantitative estimate of drug-likeness (QED) is 0.482. The van der Waals surface area contributed by atoms with Gasteiger partial charge in [-0.05, 0) is 0 Å². The van der Waals surface area contributed by atoms with E-state index in [2.05, 4.69) is 25.3 Å². The maximum absolute atomic E-state index is 5.76. The van der Waals surface area contributed by atoms with Crippen molar-refractivity contribution >= 4 is 0 Å². The summed E-state index contributed by atoms with van der Waals surface area (Å²) in [6, 6.07) is 0. The molecule has 0 aromatic heterocycles. The number of hydrogen-bond acceptors (Lipinski definition) is 6. The van der Waals surface area contributed by atoms with Gasteiger partial charge in [-0.3, -0.25) is 14.7 Å². The lowest BCUT2D eigenvalue weighted by Gasteiger charge is -2.32. The molecule has 0 aromatic carbocycles. The van der Waals surface area contributed by atoms with Crippen LogP contribution in [0.3, 0.4) is 0 Å². The van der Waals surface area contributed by atoms with Crippen LogP contribution in [-0.4, -0.2) is 106 Å². The Morgan fingerprint density at radius 3 is 1.60 bits per heavy atom. The molecule has 0 aliphatic carbocycles. The van der Waals surface area contributed by atoms with Gasteiger partial charge in [0.15, 0.2) is 0 Å². The first-order valence-electron chi connectivity index (χ1n) is 8.17. The van der Waals surface area contributed by atoms with E-state index in [4.69, 9.17) is 5.73 Å². The van der Waals surface area contributed by atoms with Crippen molar-refractivity contribution in [2.75, 3.05) is 91.6 Å². The standard InChI is InChI=1S/C14H32N6/c15-1-6-18(11-13-19-7-2-16-3-8-19)12-14-20-9-4-17-5-10-20/h16-17H,1-15H2. The highest BCUT2D eigenvalue weighted by atomic mass is 15.2. The van der Waals surface area contributed by atoms with Gasteiger partial charge in [-0.25, -0.2) is 0 Å². The molecule has 2 aliphatic rings. The summed E-state index contributed by atoms with van der Waals surface area (Å²) in [5, 5.41) is 6.82. The number of rotatable bonds is 8.